The summed E-state index contributed by atoms with van der Waals surface area (Å²) in [5.74, 6) is 0.592. The van der Waals surface area contributed by atoms with Crippen molar-refractivity contribution in [1.29, 1.82) is 0 Å². The fraction of sp³-hybridized carbons (Fsp3) is 0.217. The number of hydrogen-bond donors (Lipinski definition) is 2. The second-order valence-electron chi connectivity index (χ2n) is 6.53. The van der Waals surface area contributed by atoms with E-state index in [2.05, 4.69) is 66.8 Å². The number of quaternary nitrogens is 1. The number of para-hydroxylation sites is 1. The Morgan fingerprint density at radius 2 is 1.32 bits per heavy atom. The average Bonchev–Trinajstić information content (AvgIpc) is 2.67. The van der Waals surface area contributed by atoms with Gasteiger partial charge in [-0.3, -0.25) is 0 Å². The van der Waals surface area contributed by atoms with Crippen molar-refractivity contribution in [3.05, 3.63) is 102 Å². The Hall–Kier alpha value is -2.58. The molecule has 0 spiro atoms. The van der Waals surface area contributed by atoms with Crippen LogP contribution in [0.25, 0.3) is 0 Å². The van der Waals surface area contributed by atoms with E-state index in [9.17, 15) is 5.11 Å². The van der Waals surface area contributed by atoms with Crippen molar-refractivity contribution in [2.75, 3.05) is 6.54 Å². The molecule has 0 saturated carbocycles. The lowest BCUT2D eigenvalue weighted by Gasteiger charge is -2.20. The first-order valence-electron chi connectivity index (χ1n) is 8.97. The molecule has 2 nitrogen and oxygen atoms in total. The van der Waals surface area contributed by atoms with Crippen LogP contribution in [0.1, 0.15) is 42.0 Å². The minimum absolute atomic E-state index is 0.210. The summed E-state index contributed by atoms with van der Waals surface area (Å²) in [4.78, 5) is 0. The third-order valence-corrected chi connectivity index (χ3v) is 4.82. The fourth-order valence-corrected chi connectivity index (χ4v) is 3.37. The molecule has 0 amide bonds. The normalized spacial score (nSPS) is 13.3. The maximum Gasteiger partial charge on any atom is 0.119 e. The summed E-state index contributed by atoms with van der Waals surface area (Å²) >= 11 is 0. The van der Waals surface area contributed by atoms with Crippen LogP contribution in [0.15, 0.2) is 84.9 Å². The van der Waals surface area contributed by atoms with Gasteiger partial charge in [0.05, 0.1) is 6.54 Å². The minimum atomic E-state index is 0.210. The molecule has 0 aromatic heterocycles. The van der Waals surface area contributed by atoms with Gasteiger partial charge in [-0.05, 0) is 18.6 Å². The largest absolute Gasteiger partial charge is 0.508 e. The van der Waals surface area contributed by atoms with Gasteiger partial charge in [0.15, 0.2) is 0 Å². The van der Waals surface area contributed by atoms with E-state index in [1.165, 1.54) is 11.1 Å². The highest BCUT2D eigenvalue weighted by Crippen LogP contribution is 2.33. The van der Waals surface area contributed by atoms with Crippen LogP contribution in [0.5, 0.6) is 5.75 Å². The molecule has 2 atom stereocenters. The van der Waals surface area contributed by atoms with Gasteiger partial charge in [-0.2, -0.15) is 0 Å². The van der Waals surface area contributed by atoms with E-state index in [0.29, 0.717) is 11.8 Å². The summed E-state index contributed by atoms with van der Waals surface area (Å²) in [6, 6.07) is 29.2. The van der Waals surface area contributed by atoms with Crippen LogP contribution >= 0.6 is 0 Å². The predicted octanol–water partition coefficient (Wildman–Crippen LogP) is 4.24. The first-order chi connectivity index (χ1) is 12.3. The van der Waals surface area contributed by atoms with Gasteiger partial charge in [-0.15, -0.1) is 0 Å². The summed E-state index contributed by atoms with van der Waals surface area (Å²) in [7, 11) is 0. The Balaban J connectivity index is 1.72. The van der Waals surface area contributed by atoms with Crippen molar-refractivity contribution in [2.24, 2.45) is 0 Å². The maximum absolute atomic E-state index is 10.3. The molecule has 0 heterocycles. The zero-order valence-electron chi connectivity index (χ0n) is 14.7. The summed E-state index contributed by atoms with van der Waals surface area (Å²) in [5.41, 5.74) is 3.61. The van der Waals surface area contributed by atoms with Crippen molar-refractivity contribution >= 4 is 0 Å². The number of phenolic OH excluding ortho intramolecular Hbond substituents is 1. The second-order valence-corrected chi connectivity index (χ2v) is 6.53. The molecule has 0 aliphatic carbocycles. The monoisotopic (exact) mass is 332 g/mol. The van der Waals surface area contributed by atoms with Crippen LogP contribution in [0, 0.1) is 0 Å². The van der Waals surface area contributed by atoms with Gasteiger partial charge in [0.2, 0.25) is 0 Å². The summed E-state index contributed by atoms with van der Waals surface area (Å²) in [5, 5.41) is 12.7. The van der Waals surface area contributed by atoms with E-state index < -0.39 is 0 Å². The molecule has 3 aromatic carbocycles. The molecule has 0 saturated heterocycles. The first-order valence-corrected chi connectivity index (χ1v) is 8.97. The molecule has 128 valence electrons. The Bertz CT molecular complexity index is 770. The molecule has 25 heavy (non-hydrogen) atoms. The smallest absolute Gasteiger partial charge is 0.119 e. The molecule has 3 N–H and O–H groups in total. The van der Waals surface area contributed by atoms with E-state index in [1.807, 2.05) is 24.3 Å². The van der Waals surface area contributed by atoms with Gasteiger partial charge in [0, 0.05) is 23.5 Å². The Kier molecular flexibility index (Phi) is 5.86. The van der Waals surface area contributed by atoms with Crippen LogP contribution < -0.4 is 5.32 Å². The number of hydrogen-bond acceptors (Lipinski definition) is 1. The van der Waals surface area contributed by atoms with Gasteiger partial charge in [-0.1, -0.05) is 78.9 Å². The highest BCUT2D eigenvalue weighted by molar-refractivity contribution is 5.41. The minimum Gasteiger partial charge on any atom is -0.508 e. The molecule has 3 rings (SSSR count). The number of phenols is 1. The van der Waals surface area contributed by atoms with Gasteiger partial charge in [-0.25, -0.2) is 0 Å². The lowest BCUT2D eigenvalue weighted by molar-refractivity contribution is -0.693. The van der Waals surface area contributed by atoms with E-state index in [0.717, 1.165) is 18.5 Å². The highest BCUT2D eigenvalue weighted by Gasteiger charge is 2.18. The average molecular weight is 332 g/mol. The van der Waals surface area contributed by atoms with Gasteiger partial charge in [0.25, 0.3) is 0 Å². The Labute approximate surface area is 150 Å². The molecule has 0 radical (unpaired) electrons. The zero-order valence-corrected chi connectivity index (χ0v) is 14.7. The van der Waals surface area contributed by atoms with E-state index >= 15 is 0 Å². The topological polar surface area (TPSA) is 36.8 Å². The van der Waals surface area contributed by atoms with Crippen molar-refractivity contribution in [2.45, 2.75) is 25.3 Å². The summed E-state index contributed by atoms with van der Waals surface area (Å²) in [6.45, 7) is 3.25. The predicted molar refractivity (Wildman–Crippen MR) is 103 cm³/mol. The van der Waals surface area contributed by atoms with Gasteiger partial charge in [0.1, 0.15) is 11.8 Å². The molecular weight excluding hydrogens is 306 g/mol. The van der Waals surface area contributed by atoms with Crippen LogP contribution in [0.4, 0.5) is 0 Å². The lowest BCUT2D eigenvalue weighted by Crippen LogP contribution is -2.84. The van der Waals surface area contributed by atoms with Gasteiger partial charge >= 0.3 is 0 Å². The van der Waals surface area contributed by atoms with E-state index in [4.69, 9.17) is 0 Å². The molecule has 0 aliphatic heterocycles. The molecule has 0 bridgehead atoms. The van der Waals surface area contributed by atoms with Crippen molar-refractivity contribution in [3.8, 4) is 5.75 Å². The molecule has 3 aromatic rings. The maximum atomic E-state index is 10.3. The first kappa shape index (κ1) is 17.2. The molecule has 0 unspecified atom stereocenters. The Morgan fingerprint density at radius 3 is 1.96 bits per heavy atom. The van der Waals surface area contributed by atoms with Crippen molar-refractivity contribution < 1.29 is 10.4 Å². The van der Waals surface area contributed by atoms with Crippen molar-refractivity contribution in [1.82, 2.24) is 0 Å². The fourth-order valence-electron chi connectivity index (χ4n) is 3.37. The summed E-state index contributed by atoms with van der Waals surface area (Å²) in [6.07, 6.45) is 0.985. The van der Waals surface area contributed by atoms with Crippen LogP contribution in [0.2, 0.25) is 0 Å². The zero-order chi connectivity index (χ0) is 17.5. The van der Waals surface area contributed by atoms with Crippen molar-refractivity contribution in [3.63, 3.8) is 0 Å². The molecule has 0 aliphatic rings. The number of rotatable bonds is 7. The quantitative estimate of drug-likeness (QED) is 0.667. The lowest BCUT2D eigenvalue weighted by atomic mass is 9.88. The van der Waals surface area contributed by atoms with E-state index in [-0.39, 0.29) is 5.92 Å². The second kappa shape index (κ2) is 8.50. The van der Waals surface area contributed by atoms with E-state index in [1.54, 1.807) is 6.07 Å². The third-order valence-electron chi connectivity index (χ3n) is 4.82. The number of nitrogens with two attached hydrogens (primary N) is 1. The standard InChI is InChI=1S/C23H25NO/c1-18(19-10-4-2-5-11-19)24-17-16-21(20-12-6-3-7-13-20)22-14-8-9-15-23(22)25/h2-15,18,21,24-25H,16-17H2,1H3/p+1/t18-,21+/m0/s1. The summed E-state index contributed by atoms with van der Waals surface area (Å²) < 4.78 is 0. The molecule has 0 fully saturated rings. The van der Waals surface area contributed by atoms with Gasteiger partial charge < -0.3 is 10.4 Å². The SMILES string of the molecule is C[C@H]([NH2+]CC[C@H](c1ccccc1)c1ccccc1O)c1ccccc1. The molecular formula is C23H26NO+. The highest BCUT2D eigenvalue weighted by atomic mass is 16.3. The van der Waals surface area contributed by atoms with Crippen LogP contribution in [-0.4, -0.2) is 11.7 Å². The Morgan fingerprint density at radius 1 is 0.760 bits per heavy atom. The third kappa shape index (κ3) is 4.49. The van der Waals surface area contributed by atoms with Crippen LogP contribution in [-0.2, 0) is 0 Å². The molecule has 2 heteroatoms. The van der Waals surface area contributed by atoms with Crippen LogP contribution in [0.3, 0.4) is 0 Å². The number of benzene rings is 3. The number of aromatic hydroxyl groups is 1.